The summed E-state index contributed by atoms with van der Waals surface area (Å²) >= 11 is 0. The van der Waals surface area contributed by atoms with E-state index in [0.717, 1.165) is 11.1 Å². The van der Waals surface area contributed by atoms with Crippen LogP contribution in [0.15, 0.2) is 88.8 Å². The van der Waals surface area contributed by atoms with Crippen LogP contribution in [0.1, 0.15) is 19.4 Å². The van der Waals surface area contributed by atoms with Gasteiger partial charge in [-0.2, -0.15) is 9.78 Å². The first-order valence-corrected chi connectivity index (χ1v) is 9.51. The van der Waals surface area contributed by atoms with Crippen LogP contribution in [0.25, 0.3) is 22.3 Å². The van der Waals surface area contributed by atoms with Crippen LogP contribution in [0.2, 0.25) is 0 Å². The number of benzene rings is 3. The largest absolute Gasteiger partial charge is 0.490 e. The van der Waals surface area contributed by atoms with Gasteiger partial charge in [0.1, 0.15) is 5.75 Å². The quantitative estimate of drug-likeness (QED) is 0.468. The number of hydrogen-bond acceptors (Lipinski definition) is 4. The summed E-state index contributed by atoms with van der Waals surface area (Å²) < 4.78 is 7.21. The molecule has 1 heterocycles. The number of aromatic nitrogens is 2. The first-order chi connectivity index (χ1) is 14.1. The van der Waals surface area contributed by atoms with Gasteiger partial charge in [0.05, 0.1) is 23.2 Å². The van der Waals surface area contributed by atoms with E-state index in [4.69, 9.17) is 9.72 Å². The Kier molecular flexibility index (Phi) is 5.20. The van der Waals surface area contributed by atoms with E-state index >= 15 is 0 Å². The molecule has 0 amide bonds. The minimum Gasteiger partial charge on any atom is -0.490 e. The number of fused-ring (bicyclic) bond motifs is 1. The lowest BCUT2D eigenvalue weighted by atomic mass is 10.2. The Morgan fingerprint density at radius 3 is 2.41 bits per heavy atom. The Labute approximate surface area is 168 Å². The van der Waals surface area contributed by atoms with Crippen LogP contribution in [-0.4, -0.2) is 22.0 Å². The highest BCUT2D eigenvalue weighted by Gasteiger charge is 2.12. The average molecular weight is 383 g/mol. The van der Waals surface area contributed by atoms with Crippen LogP contribution in [0, 0.1) is 0 Å². The molecule has 0 aliphatic rings. The highest BCUT2D eigenvalue weighted by molar-refractivity contribution is 5.84. The van der Waals surface area contributed by atoms with Gasteiger partial charge in [-0.15, -0.1) is 0 Å². The maximum absolute atomic E-state index is 13.2. The van der Waals surface area contributed by atoms with Crippen LogP contribution in [0.4, 0.5) is 0 Å². The zero-order valence-corrected chi connectivity index (χ0v) is 16.3. The van der Waals surface area contributed by atoms with Gasteiger partial charge in [-0.3, -0.25) is 4.79 Å². The smallest absolute Gasteiger partial charge is 0.282 e. The lowest BCUT2D eigenvalue weighted by Gasteiger charge is -2.12. The highest BCUT2D eigenvalue weighted by atomic mass is 16.5. The van der Waals surface area contributed by atoms with Crippen molar-refractivity contribution in [3.8, 4) is 17.1 Å². The molecule has 0 spiro atoms. The van der Waals surface area contributed by atoms with E-state index in [1.807, 2.05) is 86.6 Å². The van der Waals surface area contributed by atoms with E-state index in [1.165, 1.54) is 4.68 Å². The van der Waals surface area contributed by atoms with Crippen LogP contribution >= 0.6 is 0 Å². The van der Waals surface area contributed by atoms with E-state index in [0.29, 0.717) is 22.5 Å². The van der Waals surface area contributed by atoms with Crippen molar-refractivity contribution in [3.05, 3.63) is 94.8 Å². The molecule has 5 nitrogen and oxygen atoms in total. The molecule has 0 saturated carbocycles. The molecule has 0 bridgehead atoms. The van der Waals surface area contributed by atoms with Crippen molar-refractivity contribution < 1.29 is 4.74 Å². The molecule has 1 aromatic heterocycles. The third kappa shape index (κ3) is 3.94. The van der Waals surface area contributed by atoms with Gasteiger partial charge in [0.25, 0.3) is 5.56 Å². The molecule has 0 aliphatic heterocycles. The third-order valence-corrected chi connectivity index (χ3v) is 4.38. The summed E-state index contributed by atoms with van der Waals surface area (Å²) in [6.07, 6.45) is 1.68. The molecule has 0 saturated heterocycles. The van der Waals surface area contributed by atoms with E-state index < -0.39 is 0 Å². The van der Waals surface area contributed by atoms with Gasteiger partial charge < -0.3 is 4.74 Å². The summed E-state index contributed by atoms with van der Waals surface area (Å²) in [6.45, 7) is 3.94. The second kappa shape index (κ2) is 8.10. The molecule has 3 aromatic carbocycles. The van der Waals surface area contributed by atoms with E-state index in [2.05, 4.69) is 5.10 Å². The molecule has 0 fully saturated rings. The van der Waals surface area contributed by atoms with Crippen molar-refractivity contribution >= 4 is 17.1 Å². The molecule has 4 rings (SSSR count). The van der Waals surface area contributed by atoms with E-state index in [1.54, 1.807) is 12.3 Å². The molecule has 4 aromatic rings. The summed E-state index contributed by atoms with van der Waals surface area (Å²) in [5.41, 5.74) is 2.04. The Morgan fingerprint density at radius 1 is 0.931 bits per heavy atom. The Balaban J connectivity index is 1.89. The number of rotatable bonds is 5. The Morgan fingerprint density at radius 2 is 1.62 bits per heavy atom. The van der Waals surface area contributed by atoms with Crippen molar-refractivity contribution in [1.29, 1.82) is 0 Å². The first kappa shape index (κ1) is 18.6. The van der Waals surface area contributed by atoms with Crippen LogP contribution < -0.4 is 10.3 Å². The van der Waals surface area contributed by atoms with Gasteiger partial charge in [0.2, 0.25) is 0 Å². The molecule has 0 N–H and O–H groups in total. The van der Waals surface area contributed by atoms with Gasteiger partial charge in [-0.1, -0.05) is 54.6 Å². The Bertz CT molecular complexity index is 1230. The average Bonchev–Trinajstić information content (AvgIpc) is 2.74. The summed E-state index contributed by atoms with van der Waals surface area (Å²) in [5, 5.41) is 5.03. The third-order valence-electron chi connectivity index (χ3n) is 4.38. The second-order valence-corrected chi connectivity index (χ2v) is 6.88. The molecule has 29 heavy (non-hydrogen) atoms. The van der Waals surface area contributed by atoms with Gasteiger partial charge in [0, 0.05) is 11.1 Å². The Hall–Kier alpha value is -3.73. The molecule has 0 radical (unpaired) electrons. The lowest BCUT2D eigenvalue weighted by molar-refractivity contribution is 0.242. The highest BCUT2D eigenvalue weighted by Crippen LogP contribution is 2.20. The van der Waals surface area contributed by atoms with Crippen molar-refractivity contribution in [1.82, 2.24) is 9.66 Å². The second-order valence-electron chi connectivity index (χ2n) is 6.88. The summed E-state index contributed by atoms with van der Waals surface area (Å²) in [4.78, 5) is 17.9. The van der Waals surface area contributed by atoms with Crippen molar-refractivity contribution in [2.45, 2.75) is 20.0 Å². The molecule has 0 atom stereocenters. The van der Waals surface area contributed by atoms with E-state index in [9.17, 15) is 4.79 Å². The number of ether oxygens (including phenoxy) is 1. The van der Waals surface area contributed by atoms with Gasteiger partial charge >= 0.3 is 0 Å². The predicted molar refractivity (Wildman–Crippen MR) is 117 cm³/mol. The summed E-state index contributed by atoms with van der Waals surface area (Å²) in [5.74, 6) is 1.21. The zero-order valence-electron chi connectivity index (χ0n) is 16.3. The van der Waals surface area contributed by atoms with Gasteiger partial charge in [0.15, 0.2) is 5.82 Å². The SMILES string of the molecule is CC(C)Oc1ccccc1C=Nn1c(-c2ccccc2)nc2ccccc2c1=O. The van der Waals surface area contributed by atoms with Crippen molar-refractivity contribution in [3.63, 3.8) is 0 Å². The molecular weight excluding hydrogens is 362 g/mol. The first-order valence-electron chi connectivity index (χ1n) is 9.51. The van der Waals surface area contributed by atoms with Crippen molar-refractivity contribution in [2.24, 2.45) is 5.10 Å². The molecular formula is C24H21N3O2. The fourth-order valence-corrected chi connectivity index (χ4v) is 3.07. The zero-order chi connectivity index (χ0) is 20.2. The molecule has 0 unspecified atom stereocenters. The minimum atomic E-state index is -0.215. The normalized spacial score (nSPS) is 11.4. The fourth-order valence-electron chi connectivity index (χ4n) is 3.07. The summed E-state index contributed by atoms with van der Waals surface area (Å²) in [7, 11) is 0. The maximum atomic E-state index is 13.2. The molecule has 0 aliphatic carbocycles. The topological polar surface area (TPSA) is 56.5 Å². The number of para-hydroxylation sites is 2. The number of nitrogens with zero attached hydrogens (tertiary/aromatic N) is 3. The van der Waals surface area contributed by atoms with Crippen LogP contribution in [-0.2, 0) is 0 Å². The van der Waals surface area contributed by atoms with Gasteiger partial charge in [-0.25, -0.2) is 4.98 Å². The number of hydrogen-bond donors (Lipinski definition) is 0. The lowest BCUT2D eigenvalue weighted by Crippen LogP contribution is -2.20. The van der Waals surface area contributed by atoms with Crippen molar-refractivity contribution in [2.75, 3.05) is 0 Å². The summed E-state index contributed by atoms with van der Waals surface area (Å²) in [6, 6.07) is 24.5. The van der Waals surface area contributed by atoms with E-state index in [-0.39, 0.29) is 11.7 Å². The van der Waals surface area contributed by atoms with Gasteiger partial charge in [-0.05, 0) is 38.1 Å². The molecule has 144 valence electrons. The molecule has 5 heteroatoms. The minimum absolute atomic E-state index is 0.0366. The maximum Gasteiger partial charge on any atom is 0.282 e. The standard InChI is InChI=1S/C24H21N3O2/c1-17(2)29-22-15-9-6-12-19(22)16-25-27-23(18-10-4-3-5-11-18)26-21-14-8-7-13-20(21)24(27)28/h3-17H,1-2H3. The van der Waals surface area contributed by atoms with Crippen LogP contribution in [0.5, 0.6) is 5.75 Å². The van der Waals surface area contributed by atoms with Crippen LogP contribution in [0.3, 0.4) is 0 Å². The predicted octanol–water partition coefficient (Wildman–Crippen LogP) is 4.73. The monoisotopic (exact) mass is 383 g/mol. The fraction of sp³-hybridized carbons (Fsp3) is 0.125.